The molecule has 0 amide bonds. The summed E-state index contributed by atoms with van der Waals surface area (Å²) in [5, 5.41) is 9.72. The second-order valence-electron chi connectivity index (χ2n) is 3.68. The maximum Gasteiger partial charge on any atom is 0.0701 e. The molecule has 1 aliphatic heterocycles. The molecule has 0 unspecified atom stereocenters. The molecular formula is C10H20BrNO2. The van der Waals surface area contributed by atoms with Crippen LogP contribution in [0, 0.1) is 0 Å². The Morgan fingerprint density at radius 3 is 2.64 bits per heavy atom. The maximum absolute atomic E-state index is 8.62. The molecule has 0 aromatic rings. The van der Waals surface area contributed by atoms with Crippen molar-refractivity contribution in [3.63, 3.8) is 0 Å². The summed E-state index contributed by atoms with van der Waals surface area (Å²) in [7, 11) is 0. The molecule has 0 spiro atoms. The zero-order valence-corrected chi connectivity index (χ0v) is 10.2. The summed E-state index contributed by atoms with van der Waals surface area (Å²) in [4.78, 5) is 2.49. The quantitative estimate of drug-likeness (QED) is 0.734. The molecule has 0 radical (unpaired) electrons. The van der Waals surface area contributed by atoms with Crippen molar-refractivity contribution in [3.8, 4) is 0 Å². The maximum atomic E-state index is 8.62. The standard InChI is InChI=1S/C10H20BrNO2/c11-4-1-5-12-6-2-10(3-7-12)14-9-8-13/h10,13H,1-9H2. The van der Waals surface area contributed by atoms with Gasteiger partial charge in [0, 0.05) is 18.4 Å². The number of halogens is 1. The van der Waals surface area contributed by atoms with Crippen LogP contribution < -0.4 is 0 Å². The van der Waals surface area contributed by atoms with Gasteiger partial charge in [-0.3, -0.25) is 0 Å². The Morgan fingerprint density at radius 2 is 2.07 bits per heavy atom. The fourth-order valence-electron chi connectivity index (χ4n) is 1.80. The van der Waals surface area contributed by atoms with E-state index in [1.54, 1.807) is 0 Å². The molecule has 3 nitrogen and oxygen atoms in total. The Morgan fingerprint density at radius 1 is 1.36 bits per heavy atom. The molecule has 14 heavy (non-hydrogen) atoms. The molecule has 0 aromatic heterocycles. The van der Waals surface area contributed by atoms with E-state index in [1.807, 2.05) is 0 Å². The first-order chi connectivity index (χ1) is 6.86. The smallest absolute Gasteiger partial charge is 0.0701 e. The van der Waals surface area contributed by atoms with Crippen molar-refractivity contribution in [2.75, 3.05) is 38.2 Å². The largest absolute Gasteiger partial charge is 0.394 e. The third kappa shape index (κ3) is 4.73. The topological polar surface area (TPSA) is 32.7 Å². The van der Waals surface area contributed by atoms with Crippen LogP contribution in [0.25, 0.3) is 0 Å². The number of hydrogen-bond donors (Lipinski definition) is 1. The van der Waals surface area contributed by atoms with Gasteiger partial charge in [0.15, 0.2) is 0 Å². The van der Waals surface area contributed by atoms with Gasteiger partial charge in [0.05, 0.1) is 19.3 Å². The molecule has 1 aliphatic rings. The van der Waals surface area contributed by atoms with Crippen LogP contribution in [0.15, 0.2) is 0 Å². The SMILES string of the molecule is OCCOC1CCN(CCCBr)CC1. The lowest BCUT2D eigenvalue weighted by Crippen LogP contribution is -2.37. The molecule has 0 aliphatic carbocycles. The van der Waals surface area contributed by atoms with E-state index >= 15 is 0 Å². The fraction of sp³-hybridized carbons (Fsp3) is 1.00. The van der Waals surface area contributed by atoms with Gasteiger partial charge < -0.3 is 14.7 Å². The van der Waals surface area contributed by atoms with Crippen LogP contribution in [0.2, 0.25) is 0 Å². The summed E-state index contributed by atoms with van der Waals surface area (Å²) >= 11 is 3.44. The highest BCUT2D eigenvalue weighted by atomic mass is 79.9. The van der Waals surface area contributed by atoms with Crippen LogP contribution >= 0.6 is 15.9 Å². The average molecular weight is 266 g/mol. The minimum absolute atomic E-state index is 0.143. The molecule has 4 heteroatoms. The van der Waals surface area contributed by atoms with Crippen LogP contribution in [0.4, 0.5) is 0 Å². The third-order valence-electron chi connectivity index (χ3n) is 2.59. The number of likely N-dealkylation sites (tertiary alicyclic amines) is 1. The average Bonchev–Trinajstić information content (AvgIpc) is 2.25. The van der Waals surface area contributed by atoms with Gasteiger partial charge in [0.25, 0.3) is 0 Å². The Kier molecular flexibility index (Phi) is 6.77. The predicted octanol–water partition coefficient (Wildman–Crippen LogP) is 1.24. The number of alkyl halides is 1. The van der Waals surface area contributed by atoms with Crippen molar-refractivity contribution in [3.05, 3.63) is 0 Å². The molecule has 1 fully saturated rings. The van der Waals surface area contributed by atoms with Crippen molar-refractivity contribution in [2.24, 2.45) is 0 Å². The van der Waals surface area contributed by atoms with E-state index in [1.165, 1.54) is 13.0 Å². The lowest BCUT2D eigenvalue weighted by atomic mass is 10.1. The van der Waals surface area contributed by atoms with E-state index in [4.69, 9.17) is 9.84 Å². The summed E-state index contributed by atoms with van der Waals surface area (Å²) in [5.41, 5.74) is 0. The van der Waals surface area contributed by atoms with E-state index in [9.17, 15) is 0 Å². The number of nitrogens with zero attached hydrogens (tertiary/aromatic N) is 1. The Balaban J connectivity index is 2.05. The predicted molar refractivity (Wildman–Crippen MR) is 60.9 cm³/mol. The molecule has 1 heterocycles. The first-order valence-electron chi connectivity index (χ1n) is 5.37. The number of aliphatic hydroxyl groups excluding tert-OH is 1. The summed E-state index contributed by atoms with van der Waals surface area (Å²) in [5.74, 6) is 0. The van der Waals surface area contributed by atoms with E-state index in [0.29, 0.717) is 12.7 Å². The summed E-state index contributed by atoms with van der Waals surface area (Å²) in [6.45, 7) is 4.11. The molecular weight excluding hydrogens is 246 g/mol. The van der Waals surface area contributed by atoms with Gasteiger partial charge in [-0.2, -0.15) is 0 Å². The molecule has 1 saturated heterocycles. The van der Waals surface area contributed by atoms with Crippen LogP contribution in [-0.2, 0) is 4.74 Å². The lowest BCUT2D eigenvalue weighted by Gasteiger charge is -2.31. The van der Waals surface area contributed by atoms with Gasteiger partial charge in [-0.25, -0.2) is 0 Å². The minimum Gasteiger partial charge on any atom is -0.394 e. The lowest BCUT2D eigenvalue weighted by molar-refractivity contribution is -0.00757. The zero-order chi connectivity index (χ0) is 10.2. The molecule has 0 saturated carbocycles. The molecule has 1 rings (SSSR count). The van der Waals surface area contributed by atoms with E-state index in [0.717, 1.165) is 31.3 Å². The third-order valence-corrected chi connectivity index (χ3v) is 3.15. The molecule has 0 bridgehead atoms. The van der Waals surface area contributed by atoms with Gasteiger partial charge in [-0.1, -0.05) is 15.9 Å². The van der Waals surface area contributed by atoms with Crippen molar-refractivity contribution in [2.45, 2.75) is 25.4 Å². The summed E-state index contributed by atoms with van der Waals surface area (Å²) in [6.07, 6.45) is 3.83. The van der Waals surface area contributed by atoms with E-state index in [-0.39, 0.29) is 6.61 Å². The van der Waals surface area contributed by atoms with Crippen LogP contribution in [0.5, 0.6) is 0 Å². The number of hydrogen-bond acceptors (Lipinski definition) is 3. The van der Waals surface area contributed by atoms with Crippen molar-refractivity contribution >= 4 is 15.9 Å². The van der Waals surface area contributed by atoms with Crippen molar-refractivity contribution < 1.29 is 9.84 Å². The summed E-state index contributed by atoms with van der Waals surface area (Å²) < 4.78 is 5.50. The number of ether oxygens (including phenoxy) is 1. The van der Waals surface area contributed by atoms with Crippen molar-refractivity contribution in [1.82, 2.24) is 4.90 Å². The minimum atomic E-state index is 0.143. The number of aliphatic hydroxyl groups is 1. The van der Waals surface area contributed by atoms with Gasteiger partial charge in [0.2, 0.25) is 0 Å². The van der Waals surface area contributed by atoms with Gasteiger partial charge in [-0.05, 0) is 25.8 Å². The van der Waals surface area contributed by atoms with E-state index < -0.39 is 0 Å². The Bertz CT molecular complexity index is 122. The fourth-order valence-corrected chi connectivity index (χ4v) is 2.05. The molecule has 84 valence electrons. The first kappa shape index (κ1) is 12.4. The van der Waals surface area contributed by atoms with E-state index in [2.05, 4.69) is 20.8 Å². The zero-order valence-electron chi connectivity index (χ0n) is 8.62. The van der Waals surface area contributed by atoms with Crippen LogP contribution in [0.3, 0.4) is 0 Å². The molecule has 1 N–H and O–H groups in total. The molecule has 0 atom stereocenters. The monoisotopic (exact) mass is 265 g/mol. The highest BCUT2D eigenvalue weighted by molar-refractivity contribution is 9.09. The second-order valence-corrected chi connectivity index (χ2v) is 4.47. The van der Waals surface area contributed by atoms with Crippen LogP contribution in [-0.4, -0.2) is 54.3 Å². The first-order valence-corrected chi connectivity index (χ1v) is 6.49. The highest BCUT2D eigenvalue weighted by Crippen LogP contribution is 2.13. The highest BCUT2D eigenvalue weighted by Gasteiger charge is 2.18. The Labute approximate surface area is 94.6 Å². The van der Waals surface area contributed by atoms with Gasteiger partial charge in [0.1, 0.15) is 0 Å². The van der Waals surface area contributed by atoms with Gasteiger partial charge in [-0.15, -0.1) is 0 Å². The van der Waals surface area contributed by atoms with Crippen molar-refractivity contribution in [1.29, 1.82) is 0 Å². The van der Waals surface area contributed by atoms with Gasteiger partial charge >= 0.3 is 0 Å². The Hall–Kier alpha value is 0.360. The van der Waals surface area contributed by atoms with Crippen LogP contribution in [0.1, 0.15) is 19.3 Å². The number of rotatable bonds is 6. The molecule has 0 aromatic carbocycles. The normalized spacial score (nSPS) is 20.1. The number of piperidine rings is 1. The summed E-state index contributed by atoms with van der Waals surface area (Å²) in [6, 6.07) is 0. The second kappa shape index (κ2) is 7.63.